The molecule has 0 spiro atoms. The van der Waals surface area contributed by atoms with Crippen LogP contribution in [0.1, 0.15) is 41.0 Å². The van der Waals surface area contributed by atoms with E-state index in [9.17, 15) is 5.11 Å². The molecule has 2 unspecified atom stereocenters. The van der Waals surface area contributed by atoms with Crippen LogP contribution in [0.2, 0.25) is 0 Å². The number of likely N-dealkylation sites (N-methyl/N-ethyl adjacent to an activating group) is 1. The molecule has 104 valence electrons. The molecule has 3 nitrogen and oxygen atoms in total. The predicted molar refractivity (Wildman–Crippen MR) is 75.3 cm³/mol. The highest BCUT2D eigenvalue weighted by Gasteiger charge is 2.12. The van der Waals surface area contributed by atoms with Crippen molar-refractivity contribution in [2.75, 3.05) is 32.7 Å². The second kappa shape index (κ2) is 9.86. The van der Waals surface area contributed by atoms with Crippen molar-refractivity contribution in [3.8, 4) is 0 Å². The Balaban J connectivity index is 3.77. The van der Waals surface area contributed by atoms with Gasteiger partial charge in [-0.1, -0.05) is 41.0 Å². The van der Waals surface area contributed by atoms with E-state index in [1.807, 2.05) is 0 Å². The summed E-state index contributed by atoms with van der Waals surface area (Å²) < 4.78 is 0. The third-order valence-electron chi connectivity index (χ3n) is 3.12. The molecule has 2 atom stereocenters. The lowest BCUT2D eigenvalue weighted by Gasteiger charge is -2.26. The maximum absolute atomic E-state index is 9.95. The zero-order valence-electron chi connectivity index (χ0n) is 12.4. The summed E-state index contributed by atoms with van der Waals surface area (Å²) in [6.45, 7) is 15.6. The van der Waals surface area contributed by atoms with Gasteiger partial charge in [0.1, 0.15) is 0 Å². The van der Waals surface area contributed by atoms with Crippen LogP contribution in [0.5, 0.6) is 0 Å². The lowest BCUT2D eigenvalue weighted by atomic mass is 10.1. The molecule has 17 heavy (non-hydrogen) atoms. The van der Waals surface area contributed by atoms with E-state index in [2.05, 4.69) is 44.8 Å². The molecule has 2 N–H and O–H groups in total. The van der Waals surface area contributed by atoms with Gasteiger partial charge >= 0.3 is 0 Å². The first-order valence-corrected chi connectivity index (χ1v) is 7.10. The van der Waals surface area contributed by atoms with Crippen LogP contribution >= 0.6 is 0 Å². The minimum absolute atomic E-state index is 0.252. The van der Waals surface area contributed by atoms with Crippen molar-refractivity contribution in [1.29, 1.82) is 0 Å². The van der Waals surface area contributed by atoms with Gasteiger partial charge in [0.15, 0.2) is 0 Å². The fourth-order valence-corrected chi connectivity index (χ4v) is 1.80. The van der Waals surface area contributed by atoms with Crippen LogP contribution in [0, 0.1) is 11.8 Å². The predicted octanol–water partition coefficient (Wildman–Crippen LogP) is 1.96. The van der Waals surface area contributed by atoms with Crippen molar-refractivity contribution in [3.63, 3.8) is 0 Å². The molecule has 0 aliphatic heterocycles. The minimum Gasteiger partial charge on any atom is -0.390 e. The molecule has 0 aromatic heterocycles. The Kier molecular flexibility index (Phi) is 9.79. The zero-order chi connectivity index (χ0) is 13.3. The fraction of sp³-hybridized carbons (Fsp3) is 1.00. The standard InChI is InChI=1S/C14H32N2O/c1-6-13(5)10-16(7-2)11-14(17)9-15-8-12(3)4/h12-15,17H,6-11H2,1-5H3. The van der Waals surface area contributed by atoms with Crippen molar-refractivity contribution in [1.82, 2.24) is 10.2 Å². The molecular formula is C14H32N2O. The molecular weight excluding hydrogens is 212 g/mol. The highest BCUT2D eigenvalue weighted by molar-refractivity contribution is 4.68. The Morgan fingerprint density at radius 3 is 2.18 bits per heavy atom. The van der Waals surface area contributed by atoms with Gasteiger partial charge in [0.05, 0.1) is 6.10 Å². The average molecular weight is 244 g/mol. The molecule has 0 saturated carbocycles. The van der Waals surface area contributed by atoms with E-state index in [0.717, 1.165) is 26.2 Å². The van der Waals surface area contributed by atoms with Gasteiger partial charge in [0, 0.05) is 19.6 Å². The lowest BCUT2D eigenvalue weighted by molar-refractivity contribution is 0.105. The molecule has 3 heteroatoms. The first kappa shape index (κ1) is 16.9. The summed E-state index contributed by atoms with van der Waals surface area (Å²) in [6.07, 6.45) is 0.954. The molecule has 0 aromatic rings. The SMILES string of the molecule is CCC(C)CN(CC)CC(O)CNCC(C)C. The van der Waals surface area contributed by atoms with Crippen LogP contribution in [0.25, 0.3) is 0 Å². The summed E-state index contributed by atoms with van der Waals surface area (Å²) in [4.78, 5) is 2.34. The number of aliphatic hydroxyl groups is 1. The average Bonchev–Trinajstić information content (AvgIpc) is 2.27. The maximum Gasteiger partial charge on any atom is 0.0791 e. The summed E-state index contributed by atoms with van der Waals surface area (Å²) in [7, 11) is 0. The van der Waals surface area contributed by atoms with E-state index in [1.165, 1.54) is 6.42 Å². The van der Waals surface area contributed by atoms with E-state index in [0.29, 0.717) is 18.4 Å². The van der Waals surface area contributed by atoms with Crippen molar-refractivity contribution >= 4 is 0 Å². The Morgan fingerprint density at radius 1 is 1.06 bits per heavy atom. The molecule has 0 rings (SSSR count). The Bertz CT molecular complexity index is 174. The Labute approximate surface area is 108 Å². The molecule has 0 saturated heterocycles. The Morgan fingerprint density at radius 2 is 1.71 bits per heavy atom. The van der Waals surface area contributed by atoms with Crippen LogP contribution < -0.4 is 5.32 Å². The molecule has 0 aromatic carbocycles. The highest BCUT2D eigenvalue weighted by atomic mass is 16.3. The van der Waals surface area contributed by atoms with Crippen molar-refractivity contribution in [3.05, 3.63) is 0 Å². The monoisotopic (exact) mass is 244 g/mol. The summed E-state index contributed by atoms with van der Waals surface area (Å²) in [5, 5.41) is 13.2. The third-order valence-corrected chi connectivity index (χ3v) is 3.12. The minimum atomic E-state index is -0.252. The van der Waals surface area contributed by atoms with E-state index in [1.54, 1.807) is 0 Å². The highest BCUT2D eigenvalue weighted by Crippen LogP contribution is 2.04. The zero-order valence-corrected chi connectivity index (χ0v) is 12.4. The van der Waals surface area contributed by atoms with Gasteiger partial charge in [-0.2, -0.15) is 0 Å². The topological polar surface area (TPSA) is 35.5 Å². The van der Waals surface area contributed by atoms with Crippen LogP contribution in [-0.4, -0.2) is 48.8 Å². The third kappa shape index (κ3) is 9.57. The van der Waals surface area contributed by atoms with Gasteiger partial charge in [-0.15, -0.1) is 0 Å². The number of aliphatic hydroxyl groups excluding tert-OH is 1. The van der Waals surface area contributed by atoms with Gasteiger partial charge in [0.25, 0.3) is 0 Å². The second-order valence-corrected chi connectivity index (χ2v) is 5.57. The normalized spacial score (nSPS) is 15.5. The lowest BCUT2D eigenvalue weighted by Crippen LogP contribution is -2.40. The van der Waals surface area contributed by atoms with Gasteiger partial charge in [-0.3, -0.25) is 0 Å². The van der Waals surface area contributed by atoms with Crippen LogP contribution in [0.3, 0.4) is 0 Å². The number of nitrogens with one attached hydrogen (secondary N) is 1. The van der Waals surface area contributed by atoms with E-state index < -0.39 is 0 Å². The summed E-state index contributed by atoms with van der Waals surface area (Å²) in [6, 6.07) is 0. The molecule has 0 amide bonds. The largest absolute Gasteiger partial charge is 0.390 e. The summed E-state index contributed by atoms with van der Waals surface area (Å²) in [5.74, 6) is 1.36. The smallest absolute Gasteiger partial charge is 0.0791 e. The first-order valence-electron chi connectivity index (χ1n) is 7.10. The van der Waals surface area contributed by atoms with Gasteiger partial charge < -0.3 is 15.3 Å². The van der Waals surface area contributed by atoms with E-state index in [-0.39, 0.29) is 6.10 Å². The van der Waals surface area contributed by atoms with Gasteiger partial charge in [-0.05, 0) is 24.9 Å². The van der Waals surface area contributed by atoms with Crippen molar-refractivity contribution in [2.45, 2.75) is 47.1 Å². The Hall–Kier alpha value is -0.120. The number of nitrogens with zero attached hydrogens (tertiary/aromatic N) is 1. The van der Waals surface area contributed by atoms with Crippen molar-refractivity contribution < 1.29 is 5.11 Å². The van der Waals surface area contributed by atoms with E-state index >= 15 is 0 Å². The first-order chi connectivity index (χ1) is 7.99. The molecule has 0 radical (unpaired) electrons. The van der Waals surface area contributed by atoms with Crippen molar-refractivity contribution in [2.24, 2.45) is 11.8 Å². The summed E-state index contributed by atoms with van der Waals surface area (Å²) >= 11 is 0. The molecule has 0 heterocycles. The van der Waals surface area contributed by atoms with Crippen LogP contribution in [0.4, 0.5) is 0 Å². The molecule has 0 bridgehead atoms. The number of hydrogen-bond acceptors (Lipinski definition) is 3. The quantitative estimate of drug-likeness (QED) is 0.617. The second-order valence-electron chi connectivity index (χ2n) is 5.57. The van der Waals surface area contributed by atoms with Crippen LogP contribution in [-0.2, 0) is 0 Å². The molecule has 0 fully saturated rings. The fourth-order valence-electron chi connectivity index (χ4n) is 1.80. The van der Waals surface area contributed by atoms with Gasteiger partial charge in [0.2, 0.25) is 0 Å². The maximum atomic E-state index is 9.95. The van der Waals surface area contributed by atoms with Crippen LogP contribution in [0.15, 0.2) is 0 Å². The number of rotatable bonds is 10. The number of hydrogen-bond donors (Lipinski definition) is 2. The summed E-state index contributed by atoms with van der Waals surface area (Å²) in [5.41, 5.74) is 0. The molecule has 0 aliphatic carbocycles. The van der Waals surface area contributed by atoms with Gasteiger partial charge in [-0.25, -0.2) is 0 Å². The molecule has 0 aliphatic rings. The van der Waals surface area contributed by atoms with E-state index in [4.69, 9.17) is 0 Å².